The number of para-hydroxylation sites is 2. The number of rotatable bonds is 3. The van der Waals surface area contributed by atoms with Gasteiger partial charge < -0.3 is 29.8 Å². The van der Waals surface area contributed by atoms with E-state index in [0.717, 1.165) is 4.57 Å². The van der Waals surface area contributed by atoms with Crippen molar-refractivity contribution in [3.63, 3.8) is 0 Å². The van der Waals surface area contributed by atoms with E-state index in [1.807, 2.05) is 0 Å². The average Bonchev–Trinajstić information content (AvgIpc) is 2.88. The fourth-order valence-electron chi connectivity index (χ4n) is 2.93. The summed E-state index contributed by atoms with van der Waals surface area (Å²) in [5.41, 5.74) is 0.719. The number of nitrogens with zero attached hydrogens (tertiary/aromatic N) is 1. The molecule has 24 heavy (non-hydrogen) atoms. The molecule has 0 unspecified atom stereocenters. The number of carbonyl (C=O) groups excluding carboxylic acids is 1. The van der Waals surface area contributed by atoms with Gasteiger partial charge in [-0.15, -0.1) is 0 Å². The van der Waals surface area contributed by atoms with Gasteiger partial charge in [-0.05, 0) is 12.1 Å². The van der Waals surface area contributed by atoms with Crippen molar-refractivity contribution in [1.82, 2.24) is 9.88 Å². The first-order valence-electron chi connectivity index (χ1n) is 7.43. The van der Waals surface area contributed by atoms with E-state index in [-0.39, 0.29) is 0 Å². The van der Waals surface area contributed by atoms with Crippen LogP contribution in [0, 0.1) is 0 Å². The number of amides is 1. The molecule has 4 N–H and O–H groups in total. The lowest BCUT2D eigenvalue weighted by Crippen LogP contribution is -2.62. The topological polar surface area (TPSA) is 134 Å². The van der Waals surface area contributed by atoms with Gasteiger partial charge in [-0.1, -0.05) is 12.1 Å². The van der Waals surface area contributed by atoms with Crippen LogP contribution in [0.5, 0.6) is 0 Å². The molecule has 0 spiro atoms. The van der Waals surface area contributed by atoms with Crippen molar-refractivity contribution in [1.29, 1.82) is 0 Å². The predicted octanol–water partition coefficient (Wildman–Crippen LogP) is -1.29. The fourth-order valence-corrected chi connectivity index (χ4v) is 2.93. The Morgan fingerprint density at radius 3 is 2.67 bits per heavy atom. The molecule has 0 radical (unpaired) electrons. The first-order chi connectivity index (χ1) is 11.4. The molecule has 1 aromatic heterocycles. The van der Waals surface area contributed by atoms with Crippen molar-refractivity contribution in [2.45, 2.75) is 37.5 Å². The molecule has 0 bridgehead atoms. The van der Waals surface area contributed by atoms with Crippen LogP contribution >= 0.6 is 0 Å². The molecule has 130 valence electrons. The second kappa shape index (κ2) is 6.36. The summed E-state index contributed by atoms with van der Waals surface area (Å²) in [6.45, 7) is 0.677. The fraction of sp³-hybridized carbons (Fsp3) is 0.467. The van der Waals surface area contributed by atoms with Crippen LogP contribution < -0.4 is 11.1 Å². The first-order valence-corrected chi connectivity index (χ1v) is 7.43. The van der Waals surface area contributed by atoms with Crippen molar-refractivity contribution in [2.75, 3.05) is 6.61 Å². The number of oxazole rings is 1. The van der Waals surface area contributed by atoms with Gasteiger partial charge in [0.05, 0.1) is 12.1 Å². The number of aromatic nitrogens is 1. The molecule has 3 rings (SSSR count). The standard InChI is InChI=1S/C15H18N2O7/c1-7(19)16-11-13(21)12(20)10(6-18)23-14(11)17-8-4-2-3-5-9(8)24-15(17)22/h2-5,10-14,18,20-21H,6H2,1H3,(H,16,19)/t10-,11-,12-,13-,14-/m1/s1. The highest BCUT2D eigenvalue weighted by Crippen LogP contribution is 2.30. The number of fused-ring (bicyclic) bond motifs is 1. The molecule has 1 aliphatic heterocycles. The predicted molar refractivity (Wildman–Crippen MR) is 81.1 cm³/mol. The Bertz CT molecular complexity index is 798. The molecule has 1 aromatic carbocycles. The number of aliphatic hydroxyl groups is 3. The zero-order valence-corrected chi connectivity index (χ0v) is 12.8. The summed E-state index contributed by atoms with van der Waals surface area (Å²) in [4.78, 5) is 23.7. The van der Waals surface area contributed by atoms with Crippen LogP contribution in [0.25, 0.3) is 11.1 Å². The quantitative estimate of drug-likeness (QED) is 0.547. The van der Waals surface area contributed by atoms with Crippen molar-refractivity contribution >= 4 is 17.0 Å². The van der Waals surface area contributed by atoms with Gasteiger partial charge in [-0.3, -0.25) is 4.79 Å². The Kier molecular flexibility index (Phi) is 4.41. The molecule has 0 aliphatic carbocycles. The molecule has 0 saturated carbocycles. The lowest BCUT2D eigenvalue weighted by atomic mass is 9.95. The first kappa shape index (κ1) is 16.7. The van der Waals surface area contributed by atoms with Crippen LogP contribution in [0.15, 0.2) is 33.5 Å². The summed E-state index contributed by atoms with van der Waals surface area (Å²) in [7, 11) is 0. The molecule has 1 saturated heterocycles. The second-order valence-electron chi connectivity index (χ2n) is 5.66. The third-order valence-electron chi connectivity index (χ3n) is 4.04. The summed E-state index contributed by atoms with van der Waals surface area (Å²) >= 11 is 0. The Balaban J connectivity index is 2.11. The molecule has 1 aliphatic rings. The molecule has 1 amide bonds. The largest absolute Gasteiger partial charge is 0.422 e. The van der Waals surface area contributed by atoms with Crippen molar-refractivity contribution in [3.05, 3.63) is 34.8 Å². The number of hydrogen-bond acceptors (Lipinski definition) is 7. The number of hydrogen-bond donors (Lipinski definition) is 4. The number of carbonyl (C=O) groups is 1. The van der Waals surface area contributed by atoms with Gasteiger partial charge in [-0.25, -0.2) is 9.36 Å². The molecule has 9 nitrogen and oxygen atoms in total. The third kappa shape index (κ3) is 2.71. The Morgan fingerprint density at radius 2 is 2.00 bits per heavy atom. The van der Waals surface area contributed by atoms with Crippen LogP contribution in [-0.4, -0.2) is 56.8 Å². The Morgan fingerprint density at radius 1 is 1.29 bits per heavy atom. The minimum atomic E-state index is -1.44. The average molecular weight is 338 g/mol. The summed E-state index contributed by atoms with van der Waals surface area (Å²) in [6, 6.07) is 5.51. The number of benzene rings is 1. The summed E-state index contributed by atoms with van der Waals surface area (Å²) in [6.07, 6.45) is -5.13. The Hall–Kier alpha value is -2.20. The lowest BCUT2D eigenvalue weighted by molar-refractivity contribution is -0.216. The highest BCUT2D eigenvalue weighted by Gasteiger charge is 2.46. The van der Waals surface area contributed by atoms with E-state index < -0.39 is 48.9 Å². The van der Waals surface area contributed by atoms with Gasteiger partial charge in [0.25, 0.3) is 0 Å². The summed E-state index contributed by atoms with van der Waals surface area (Å²) in [5.74, 6) is -1.21. The van der Waals surface area contributed by atoms with E-state index >= 15 is 0 Å². The van der Waals surface area contributed by atoms with E-state index in [1.165, 1.54) is 6.92 Å². The van der Waals surface area contributed by atoms with Crippen LogP contribution in [0.2, 0.25) is 0 Å². The minimum Gasteiger partial charge on any atom is -0.408 e. The van der Waals surface area contributed by atoms with Crippen molar-refractivity contribution in [2.24, 2.45) is 0 Å². The van der Waals surface area contributed by atoms with Gasteiger partial charge >= 0.3 is 5.76 Å². The highest BCUT2D eigenvalue weighted by molar-refractivity contribution is 5.74. The van der Waals surface area contributed by atoms with Crippen LogP contribution in [0.3, 0.4) is 0 Å². The smallest absolute Gasteiger partial charge is 0.408 e. The molecule has 5 atom stereocenters. The van der Waals surface area contributed by atoms with Gasteiger partial charge in [0.15, 0.2) is 11.8 Å². The monoisotopic (exact) mass is 338 g/mol. The van der Waals surface area contributed by atoms with Gasteiger partial charge in [0, 0.05) is 6.92 Å². The molecule has 9 heteroatoms. The normalized spacial score (nSPS) is 30.4. The zero-order chi connectivity index (χ0) is 17.4. The van der Waals surface area contributed by atoms with Crippen molar-refractivity contribution in [3.8, 4) is 0 Å². The maximum atomic E-state index is 12.2. The highest BCUT2D eigenvalue weighted by atomic mass is 16.5. The molecular formula is C15H18N2O7. The van der Waals surface area contributed by atoms with E-state index in [0.29, 0.717) is 11.1 Å². The maximum Gasteiger partial charge on any atom is 0.422 e. The van der Waals surface area contributed by atoms with E-state index in [1.54, 1.807) is 24.3 Å². The Labute approximate surface area is 136 Å². The van der Waals surface area contributed by atoms with E-state index in [4.69, 9.17) is 9.15 Å². The van der Waals surface area contributed by atoms with Gasteiger partial charge in [0.2, 0.25) is 5.91 Å². The second-order valence-corrected chi connectivity index (χ2v) is 5.66. The molecule has 1 fully saturated rings. The van der Waals surface area contributed by atoms with E-state index in [9.17, 15) is 24.9 Å². The number of aliphatic hydroxyl groups excluding tert-OH is 3. The van der Waals surface area contributed by atoms with Gasteiger partial charge in [0.1, 0.15) is 24.4 Å². The minimum absolute atomic E-state index is 0.314. The van der Waals surface area contributed by atoms with Gasteiger partial charge in [-0.2, -0.15) is 0 Å². The third-order valence-corrected chi connectivity index (χ3v) is 4.04. The van der Waals surface area contributed by atoms with E-state index in [2.05, 4.69) is 5.32 Å². The molecule has 2 heterocycles. The van der Waals surface area contributed by atoms with Crippen LogP contribution in [0.4, 0.5) is 0 Å². The summed E-state index contributed by atoms with van der Waals surface area (Å²) in [5, 5.41) is 32.2. The lowest BCUT2D eigenvalue weighted by Gasteiger charge is -2.42. The maximum absolute atomic E-state index is 12.2. The van der Waals surface area contributed by atoms with Crippen LogP contribution in [-0.2, 0) is 9.53 Å². The summed E-state index contributed by atoms with van der Waals surface area (Å²) < 4.78 is 11.9. The van der Waals surface area contributed by atoms with Crippen LogP contribution in [0.1, 0.15) is 13.2 Å². The number of ether oxygens (including phenoxy) is 1. The SMILES string of the molecule is CC(=O)N[C@@H]1[C@@H](O)[C@H](O)[C@@H](CO)O[C@H]1n1c(=O)oc2ccccc21. The molecular weight excluding hydrogens is 320 g/mol. The van der Waals surface area contributed by atoms with Crippen molar-refractivity contribution < 1.29 is 29.3 Å². The number of nitrogens with one attached hydrogen (secondary N) is 1. The zero-order valence-electron chi connectivity index (χ0n) is 12.8. The molecule has 2 aromatic rings.